The first-order valence-corrected chi connectivity index (χ1v) is 14.5. The summed E-state index contributed by atoms with van der Waals surface area (Å²) in [5, 5.41) is 5.30. The van der Waals surface area contributed by atoms with Crippen molar-refractivity contribution < 1.29 is 31.8 Å². The Morgan fingerprint density at radius 1 is 1.07 bits per heavy atom. The van der Waals surface area contributed by atoms with Crippen LogP contribution in [0.2, 0.25) is 0 Å². The average molecular weight is 624 g/mol. The molecule has 1 aliphatic carbocycles. The third kappa shape index (κ3) is 5.90. The van der Waals surface area contributed by atoms with Crippen LogP contribution < -0.4 is 21.1 Å². The number of allylic oxidation sites excluding steroid dienone is 2. The first-order valence-electron chi connectivity index (χ1n) is 14.5. The molecule has 2 aliphatic heterocycles. The van der Waals surface area contributed by atoms with Crippen molar-refractivity contribution in [2.75, 3.05) is 42.7 Å². The Balaban J connectivity index is 1.04. The van der Waals surface area contributed by atoms with Gasteiger partial charge in [-0.05, 0) is 48.7 Å². The number of carbonyl (C=O) groups excluding carboxylic acids is 1. The minimum absolute atomic E-state index is 0.123. The summed E-state index contributed by atoms with van der Waals surface area (Å²) >= 11 is 0. The van der Waals surface area contributed by atoms with Crippen LogP contribution >= 0.6 is 0 Å². The fourth-order valence-electron chi connectivity index (χ4n) is 5.74. The molecule has 234 valence electrons. The highest BCUT2D eigenvalue weighted by molar-refractivity contribution is 6.03. The van der Waals surface area contributed by atoms with Gasteiger partial charge in [-0.15, -0.1) is 0 Å². The van der Waals surface area contributed by atoms with Crippen molar-refractivity contribution in [1.29, 1.82) is 0 Å². The maximum absolute atomic E-state index is 15.2. The van der Waals surface area contributed by atoms with Crippen LogP contribution in [-0.4, -0.2) is 63.9 Å². The highest BCUT2D eigenvalue weighted by atomic mass is 19.4. The smallest absolute Gasteiger partial charge is 0.420 e. The second-order valence-corrected chi connectivity index (χ2v) is 11.3. The highest BCUT2D eigenvalue weighted by Gasteiger charge is 2.36. The number of nitrogens with zero attached hydrogens (tertiary/aromatic N) is 4. The third-order valence-corrected chi connectivity index (χ3v) is 8.29. The zero-order valence-electron chi connectivity index (χ0n) is 23.9. The van der Waals surface area contributed by atoms with Gasteiger partial charge in [-0.1, -0.05) is 12.1 Å². The van der Waals surface area contributed by atoms with Crippen molar-refractivity contribution in [2.24, 2.45) is 0 Å². The summed E-state index contributed by atoms with van der Waals surface area (Å²) < 4.78 is 70.1. The zero-order valence-corrected chi connectivity index (χ0v) is 23.9. The number of nitrogens with one attached hydrogen (secondary N) is 2. The second kappa shape index (κ2) is 11.3. The van der Waals surface area contributed by atoms with Gasteiger partial charge in [0.15, 0.2) is 0 Å². The molecule has 2 aromatic carbocycles. The zero-order chi connectivity index (χ0) is 31.3. The molecule has 4 aromatic rings. The van der Waals surface area contributed by atoms with E-state index in [1.807, 2.05) is 16.8 Å². The lowest BCUT2D eigenvalue weighted by Gasteiger charge is -2.41. The largest absolute Gasteiger partial charge is 0.490 e. The molecular weight excluding hydrogens is 594 g/mol. The van der Waals surface area contributed by atoms with Crippen LogP contribution in [0.5, 0.6) is 5.75 Å². The van der Waals surface area contributed by atoms with Crippen LogP contribution in [0.25, 0.3) is 27.9 Å². The number of nitrogens with two attached hydrogens (primary N) is 1. The fraction of sp³-hybridized carbons (Fsp3) is 0.323. The van der Waals surface area contributed by atoms with Gasteiger partial charge in [-0.25, -0.2) is 19.2 Å². The molecule has 0 saturated carbocycles. The molecule has 0 bridgehead atoms. The molecule has 14 heteroatoms. The number of rotatable bonds is 7. The number of amides is 2. The second-order valence-electron chi connectivity index (χ2n) is 11.3. The number of anilines is 3. The fourth-order valence-corrected chi connectivity index (χ4v) is 5.74. The van der Waals surface area contributed by atoms with Gasteiger partial charge in [0.25, 0.3) is 0 Å². The van der Waals surface area contributed by atoms with E-state index in [0.717, 1.165) is 31.3 Å². The van der Waals surface area contributed by atoms with E-state index in [4.69, 9.17) is 15.2 Å². The van der Waals surface area contributed by atoms with Crippen LogP contribution in [0.1, 0.15) is 24.8 Å². The van der Waals surface area contributed by atoms with Gasteiger partial charge < -0.3 is 30.4 Å². The van der Waals surface area contributed by atoms with Gasteiger partial charge >= 0.3 is 12.2 Å². The lowest BCUT2D eigenvalue weighted by atomic mass is 10.0. The molecule has 7 rings (SSSR count). The standard InChI is InChI=1S/C31H29F4N7O3/c32-24-11-17(22-13-42(19-3-4-19)29-27(22)28(36)37-16-38-29)1-5-25(24)40-30(43)39-18-2-6-26(23(12-18)31(33,34)35)45-21-7-9-41(10-8-21)20-14-44-15-20/h1-3,5-6,11-13,16,20-21H,4,7-10,14-15H2,(H2,36,37,38)(H2,39,40,43). The molecule has 2 fully saturated rings. The van der Waals surface area contributed by atoms with Crippen LogP contribution in [0.15, 0.2) is 55.0 Å². The van der Waals surface area contributed by atoms with Crippen LogP contribution in [0.3, 0.4) is 0 Å². The Kier molecular flexibility index (Phi) is 7.32. The number of likely N-dealkylation sites (tertiary alicyclic amines) is 1. The van der Waals surface area contributed by atoms with Crippen molar-refractivity contribution in [3.63, 3.8) is 0 Å². The van der Waals surface area contributed by atoms with Crippen molar-refractivity contribution in [3.05, 3.63) is 66.4 Å². The normalized spacial score (nSPS) is 17.6. The molecule has 0 atom stereocenters. The predicted molar refractivity (Wildman–Crippen MR) is 160 cm³/mol. The molecule has 2 saturated heterocycles. The van der Waals surface area contributed by atoms with E-state index in [2.05, 4.69) is 25.5 Å². The quantitative estimate of drug-likeness (QED) is 0.217. The molecule has 4 heterocycles. The molecule has 45 heavy (non-hydrogen) atoms. The Morgan fingerprint density at radius 2 is 1.84 bits per heavy atom. The number of ether oxygens (including phenoxy) is 2. The number of benzene rings is 2. The van der Waals surface area contributed by atoms with E-state index < -0.39 is 23.6 Å². The number of aromatic nitrogens is 3. The number of halogens is 4. The number of alkyl halides is 3. The van der Waals surface area contributed by atoms with Gasteiger partial charge in [-0.3, -0.25) is 4.90 Å². The van der Waals surface area contributed by atoms with E-state index >= 15 is 4.39 Å². The van der Waals surface area contributed by atoms with Crippen LogP contribution in [-0.2, 0) is 10.9 Å². The number of piperidine rings is 1. The molecule has 10 nitrogen and oxygen atoms in total. The van der Waals surface area contributed by atoms with Gasteiger partial charge in [0.2, 0.25) is 0 Å². The van der Waals surface area contributed by atoms with Crippen LogP contribution in [0, 0.1) is 5.82 Å². The molecule has 4 N–H and O–H groups in total. The molecule has 0 spiro atoms. The van der Waals surface area contributed by atoms with Crippen molar-refractivity contribution >= 4 is 40.0 Å². The SMILES string of the molecule is Nc1ncnc2c1c(-c1ccc(NC(=O)Nc3ccc(OC4CCN(C5COC5)CC4)c(C(F)(F)F)c3)c(F)c1)cn2C1=CC1. The summed E-state index contributed by atoms with van der Waals surface area (Å²) in [5.74, 6) is -0.803. The Bertz CT molecular complexity index is 1810. The summed E-state index contributed by atoms with van der Waals surface area (Å²) in [6.45, 7) is 2.81. The van der Waals surface area contributed by atoms with E-state index in [1.165, 1.54) is 30.6 Å². The van der Waals surface area contributed by atoms with E-state index in [-0.39, 0.29) is 29.0 Å². The number of carbonyl (C=O) groups is 1. The Morgan fingerprint density at radius 3 is 2.51 bits per heavy atom. The number of fused-ring (bicyclic) bond motifs is 1. The lowest BCUT2D eigenvalue weighted by Crippen LogP contribution is -2.52. The number of urea groups is 1. The molecule has 2 amide bonds. The van der Waals surface area contributed by atoms with Crippen molar-refractivity contribution in [2.45, 2.75) is 37.6 Å². The topological polar surface area (TPSA) is 120 Å². The molecule has 0 unspecified atom stereocenters. The highest BCUT2D eigenvalue weighted by Crippen LogP contribution is 2.40. The predicted octanol–water partition coefficient (Wildman–Crippen LogP) is 5.97. The summed E-state index contributed by atoms with van der Waals surface area (Å²) in [6, 6.07) is 6.99. The summed E-state index contributed by atoms with van der Waals surface area (Å²) in [4.78, 5) is 23.4. The lowest BCUT2D eigenvalue weighted by molar-refractivity contribution is -0.139. The maximum Gasteiger partial charge on any atom is 0.420 e. The maximum atomic E-state index is 15.2. The van der Waals surface area contributed by atoms with Crippen molar-refractivity contribution in [3.8, 4) is 16.9 Å². The van der Waals surface area contributed by atoms with E-state index in [1.54, 1.807) is 6.07 Å². The average Bonchev–Trinajstić information content (AvgIpc) is 3.74. The summed E-state index contributed by atoms with van der Waals surface area (Å²) in [6.07, 6.45) is 2.11. The summed E-state index contributed by atoms with van der Waals surface area (Å²) in [5.41, 5.74) is 7.57. The van der Waals surface area contributed by atoms with Gasteiger partial charge in [0, 0.05) is 42.7 Å². The molecule has 0 radical (unpaired) electrons. The van der Waals surface area contributed by atoms with Gasteiger partial charge in [-0.2, -0.15) is 13.2 Å². The van der Waals surface area contributed by atoms with E-state index in [0.29, 0.717) is 54.3 Å². The summed E-state index contributed by atoms with van der Waals surface area (Å²) in [7, 11) is 0. The van der Waals surface area contributed by atoms with E-state index in [9.17, 15) is 18.0 Å². The minimum atomic E-state index is -4.72. The minimum Gasteiger partial charge on any atom is -0.490 e. The van der Waals surface area contributed by atoms with Gasteiger partial charge in [0.1, 0.15) is 35.5 Å². The third-order valence-electron chi connectivity index (χ3n) is 8.29. The molecule has 3 aliphatic rings. The first kappa shape index (κ1) is 29.0. The Labute approximate surface area is 254 Å². The number of hydrogen-bond acceptors (Lipinski definition) is 7. The number of nitrogen functional groups attached to an aromatic ring is 1. The molecular formula is C31H29F4N7O3. The monoisotopic (exact) mass is 623 g/mol. The number of hydrogen-bond donors (Lipinski definition) is 3. The van der Waals surface area contributed by atoms with Crippen LogP contribution in [0.4, 0.5) is 39.5 Å². The van der Waals surface area contributed by atoms with Gasteiger partial charge in [0.05, 0.1) is 35.9 Å². The van der Waals surface area contributed by atoms with Crippen molar-refractivity contribution in [1.82, 2.24) is 19.4 Å². The first-order chi connectivity index (χ1) is 21.6. The molecule has 2 aromatic heterocycles. The Hall–Kier alpha value is -4.69.